The molecule has 0 aromatic heterocycles. The molecule has 21 heavy (non-hydrogen) atoms. The van der Waals surface area contributed by atoms with E-state index in [9.17, 15) is 10.1 Å². The molecule has 2 rings (SSSR count). The van der Waals surface area contributed by atoms with Gasteiger partial charge < -0.3 is 5.32 Å². The van der Waals surface area contributed by atoms with Crippen LogP contribution in [0.4, 0.5) is 5.69 Å². The summed E-state index contributed by atoms with van der Waals surface area (Å²) in [6.07, 6.45) is 0.751. The molecule has 0 unspecified atom stereocenters. The monoisotopic (exact) mass is 309 g/mol. The summed E-state index contributed by atoms with van der Waals surface area (Å²) >= 11 is 6.30. The first-order valence-electron chi connectivity index (χ1n) is 7.02. The minimum absolute atomic E-state index is 0.0389. The van der Waals surface area contributed by atoms with Gasteiger partial charge in [-0.2, -0.15) is 0 Å². The predicted molar refractivity (Wildman–Crippen MR) is 84.7 cm³/mol. The summed E-state index contributed by atoms with van der Waals surface area (Å²) in [5, 5.41) is 14.9. The number of hydrogen-bond acceptors (Lipinski definition) is 4. The van der Waals surface area contributed by atoms with Crippen LogP contribution in [0.25, 0.3) is 0 Å². The molecule has 1 atom stereocenters. The van der Waals surface area contributed by atoms with E-state index in [2.05, 4.69) is 16.8 Å². The number of nitro groups is 1. The van der Waals surface area contributed by atoms with Gasteiger partial charge in [-0.05, 0) is 25.0 Å². The molecule has 114 valence electrons. The van der Waals surface area contributed by atoms with Crippen LogP contribution in [0.1, 0.15) is 24.9 Å². The highest BCUT2D eigenvalue weighted by Crippen LogP contribution is 2.34. The molecule has 1 heterocycles. The quantitative estimate of drug-likeness (QED) is 0.515. The van der Waals surface area contributed by atoms with Crippen LogP contribution in [0.3, 0.4) is 0 Å². The number of hydrogen-bond donors (Lipinski definition) is 1. The average Bonchev–Trinajstić information content (AvgIpc) is 2.46. The number of non-ortho nitro benzene ring substituents is 1. The summed E-state index contributed by atoms with van der Waals surface area (Å²) < 4.78 is 0. The molecule has 1 N–H and O–H groups in total. The van der Waals surface area contributed by atoms with E-state index in [1.807, 2.05) is 6.92 Å². The number of halogens is 1. The number of nitrogens with one attached hydrogen (secondary N) is 1. The molecule has 1 aliphatic heterocycles. The minimum Gasteiger partial charge on any atom is -0.314 e. The lowest BCUT2D eigenvalue weighted by atomic mass is 9.97. The van der Waals surface area contributed by atoms with Crippen molar-refractivity contribution in [3.8, 4) is 0 Å². The van der Waals surface area contributed by atoms with Gasteiger partial charge in [0.15, 0.2) is 0 Å². The van der Waals surface area contributed by atoms with Crippen molar-refractivity contribution < 1.29 is 4.92 Å². The zero-order valence-electron chi connectivity index (χ0n) is 12.1. The Kier molecular flexibility index (Phi) is 5.33. The van der Waals surface area contributed by atoms with Gasteiger partial charge in [0, 0.05) is 49.4 Å². The Balaban J connectivity index is 2.36. The van der Waals surface area contributed by atoms with Crippen LogP contribution in [-0.2, 0) is 0 Å². The first kappa shape index (κ1) is 15.9. The second kappa shape index (κ2) is 7.02. The maximum atomic E-state index is 11.0. The van der Waals surface area contributed by atoms with Crippen molar-refractivity contribution in [3.63, 3.8) is 0 Å². The summed E-state index contributed by atoms with van der Waals surface area (Å²) in [6.45, 7) is 9.59. The van der Waals surface area contributed by atoms with Crippen LogP contribution in [0.5, 0.6) is 0 Å². The third kappa shape index (κ3) is 4.03. The van der Waals surface area contributed by atoms with Crippen molar-refractivity contribution >= 4 is 17.3 Å². The molecule has 1 aromatic rings. The third-order valence-electron chi connectivity index (χ3n) is 3.68. The Morgan fingerprint density at radius 3 is 2.76 bits per heavy atom. The molecular formula is C15H20ClN3O2. The second-order valence-electron chi connectivity index (χ2n) is 5.43. The van der Waals surface area contributed by atoms with Gasteiger partial charge >= 0.3 is 0 Å². The standard InChI is InChI=1S/C15H20ClN3O2/c1-11(2)9-15(18-7-5-17-6-8-18)13-10-12(19(20)21)3-4-14(13)16/h3-4,10,15,17H,1,5-9H2,2H3/t15-/m0/s1. The maximum absolute atomic E-state index is 11.0. The van der Waals surface area contributed by atoms with E-state index in [4.69, 9.17) is 11.6 Å². The highest BCUT2D eigenvalue weighted by Gasteiger charge is 2.25. The van der Waals surface area contributed by atoms with E-state index in [-0.39, 0.29) is 16.7 Å². The van der Waals surface area contributed by atoms with E-state index < -0.39 is 0 Å². The van der Waals surface area contributed by atoms with Gasteiger partial charge in [0.2, 0.25) is 0 Å². The van der Waals surface area contributed by atoms with Gasteiger partial charge in [0.05, 0.1) is 4.92 Å². The number of piperazine rings is 1. The molecule has 1 aliphatic rings. The van der Waals surface area contributed by atoms with Crippen molar-refractivity contribution in [2.45, 2.75) is 19.4 Å². The maximum Gasteiger partial charge on any atom is 0.269 e. The van der Waals surface area contributed by atoms with Crippen molar-refractivity contribution in [1.82, 2.24) is 10.2 Å². The number of rotatable bonds is 5. The normalized spacial score (nSPS) is 17.4. The second-order valence-corrected chi connectivity index (χ2v) is 5.83. The fourth-order valence-corrected chi connectivity index (χ4v) is 2.90. The van der Waals surface area contributed by atoms with Gasteiger partial charge in [0.1, 0.15) is 0 Å². The molecular weight excluding hydrogens is 290 g/mol. The highest BCUT2D eigenvalue weighted by atomic mass is 35.5. The molecule has 0 bridgehead atoms. The topological polar surface area (TPSA) is 58.4 Å². The predicted octanol–water partition coefficient (Wildman–Crippen LogP) is 3.16. The van der Waals surface area contributed by atoms with Crippen LogP contribution in [0.15, 0.2) is 30.4 Å². The van der Waals surface area contributed by atoms with Crippen molar-refractivity contribution in [1.29, 1.82) is 0 Å². The number of benzene rings is 1. The zero-order valence-corrected chi connectivity index (χ0v) is 12.9. The Morgan fingerprint density at radius 2 is 2.19 bits per heavy atom. The Hall–Kier alpha value is -1.43. The van der Waals surface area contributed by atoms with E-state index >= 15 is 0 Å². The number of nitro benzene ring substituents is 1. The molecule has 5 nitrogen and oxygen atoms in total. The average molecular weight is 310 g/mol. The van der Waals surface area contributed by atoms with Crippen LogP contribution in [-0.4, -0.2) is 36.0 Å². The van der Waals surface area contributed by atoms with Gasteiger partial charge in [-0.3, -0.25) is 15.0 Å². The van der Waals surface area contributed by atoms with Crippen LogP contribution < -0.4 is 5.32 Å². The summed E-state index contributed by atoms with van der Waals surface area (Å²) in [7, 11) is 0. The van der Waals surface area contributed by atoms with E-state index in [0.717, 1.165) is 43.7 Å². The van der Waals surface area contributed by atoms with Gasteiger partial charge in [-0.25, -0.2) is 0 Å². The van der Waals surface area contributed by atoms with Gasteiger partial charge in [0.25, 0.3) is 5.69 Å². The highest BCUT2D eigenvalue weighted by molar-refractivity contribution is 6.31. The Bertz CT molecular complexity index is 542. The molecule has 1 saturated heterocycles. The molecule has 0 aliphatic carbocycles. The SMILES string of the molecule is C=C(C)C[C@@H](c1cc([N+](=O)[O-])ccc1Cl)N1CCNCC1. The van der Waals surface area contributed by atoms with Crippen molar-refractivity contribution in [2.24, 2.45) is 0 Å². The van der Waals surface area contributed by atoms with E-state index in [1.165, 1.54) is 6.07 Å². The summed E-state index contributed by atoms with van der Waals surface area (Å²) in [5.41, 5.74) is 1.94. The van der Waals surface area contributed by atoms with Crippen LogP contribution >= 0.6 is 11.6 Å². The first-order chi connectivity index (χ1) is 9.99. The molecule has 0 spiro atoms. The molecule has 6 heteroatoms. The van der Waals surface area contributed by atoms with Crippen LogP contribution in [0, 0.1) is 10.1 Å². The minimum atomic E-state index is -0.380. The van der Waals surface area contributed by atoms with E-state index in [1.54, 1.807) is 12.1 Å². The fraction of sp³-hybridized carbons (Fsp3) is 0.467. The smallest absolute Gasteiger partial charge is 0.269 e. The first-order valence-corrected chi connectivity index (χ1v) is 7.40. The summed E-state index contributed by atoms with van der Waals surface area (Å²) in [6, 6.07) is 4.69. The third-order valence-corrected chi connectivity index (χ3v) is 4.03. The summed E-state index contributed by atoms with van der Waals surface area (Å²) in [4.78, 5) is 12.9. The van der Waals surface area contributed by atoms with Crippen molar-refractivity contribution in [2.75, 3.05) is 26.2 Å². The van der Waals surface area contributed by atoms with Crippen LogP contribution in [0.2, 0.25) is 5.02 Å². The number of nitrogens with zero attached hydrogens (tertiary/aromatic N) is 2. The molecule has 0 saturated carbocycles. The molecule has 1 aromatic carbocycles. The van der Waals surface area contributed by atoms with Crippen molar-refractivity contribution in [3.05, 3.63) is 51.1 Å². The largest absolute Gasteiger partial charge is 0.314 e. The summed E-state index contributed by atoms with van der Waals surface area (Å²) in [5.74, 6) is 0. The van der Waals surface area contributed by atoms with E-state index in [0.29, 0.717) is 5.02 Å². The lowest BCUT2D eigenvalue weighted by Gasteiger charge is -2.35. The molecule has 0 amide bonds. The Morgan fingerprint density at radius 1 is 1.52 bits per heavy atom. The molecule has 0 radical (unpaired) electrons. The molecule has 1 fully saturated rings. The van der Waals surface area contributed by atoms with Gasteiger partial charge in [-0.15, -0.1) is 6.58 Å². The lowest BCUT2D eigenvalue weighted by Crippen LogP contribution is -2.45. The fourth-order valence-electron chi connectivity index (χ4n) is 2.66. The zero-order chi connectivity index (χ0) is 15.4. The van der Waals surface area contributed by atoms with Gasteiger partial charge in [-0.1, -0.05) is 17.2 Å². The Labute approximate surface area is 129 Å². The lowest BCUT2D eigenvalue weighted by molar-refractivity contribution is -0.385.